The maximum Gasteiger partial charge on any atom is 0.321 e. The molecule has 0 unspecified atom stereocenters. The predicted octanol–water partition coefficient (Wildman–Crippen LogP) is 3.02. The molecular formula is C21H25ClN4O4S. The number of para-hydroxylation sites is 1. The monoisotopic (exact) mass is 464 g/mol. The Morgan fingerprint density at radius 3 is 2.32 bits per heavy atom. The van der Waals surface area contributed by atoms with E-state index in [2.05, 4.69) is 10.6 Å². The van der Waals surface area contributed by atoms with Crippen molar-refractivity contribution in [3.05, 3.63) is 59.1 Å². The topological polar surface area (TPSA) is 98.8 Å². The van der Waals surface area contributed by atoms with Crippen LogP contribution in [-0.4, -0.2) is 62.8 Å². The lowest BCUT2D eigenvalue weighted by atomic mass is 10.0. The second-order valence-electron chi connectivity index (χ2n) is 7.46. The van der Waals surface area contributed by atoms with Crippen molar-refractivity contribution in [3.8, 4) is 0 Å². The Balaban J connectivity index is 1.59. The molecule has 1 fully saturated rings. The molecule has 3 rings (SSSR count). The lowest BCUT2D eigenvalue weighted by Crippen LogP contribution is -2.47. The van der Waals surface area contributed by atoms with Crippen LogP contribution < -0.4 is 10.6 Å². The summed E-state index contributed by atoms with van der Waals surface area (Å²) in [4.78, 5) is 26.8. The van der Waals surface area contributed by atoms with E-state index in [1.165, 1.54) is 32.3 Å². The van der Waals surface area contributed by atoms with Crippen molar-refractivity contribution in [2.24, 2.45) is 0 Å². The average molecular weight is 465 g/mol. The highest BCUT2D eigenvalue weighted by Gasteiger charge is 2.26. The molecule has 1 saturated heterocycles. The summed E-state index contributed by atoms with van der Waals surface area (Å²) >= 11 is 6.15. The van der Waals surface area contributed by atoms with Gasteiger partial charge in [0.2, 0.25) is 10.0 Å². The Hall–Kier alpha value is -2.62. The Labute approximate surface area is 187 Å². The quantitative estimate of drug-likeness (QED) is 0.710. The van der Waals surface area contributed by atoms with Crippen molar-refractivity contribution in [1.82, 2.24) is 14.5 Å². The van der Waals surface area contributed by atoms with E-state index >= 15 is 0 Å². The molecule has 0 radical (unpaired) electrons. The summed E-state index contributed by atoms with van der Waals surface area (Å²) in [5.41, 5.74) is 0.832. The zero-order chi connectivity index (χ0) is 22.6. The molecule has 2 aromatic rings. The molecule has 0 aromatic heterocycles. The van der Waals surface area contributed by atoms with E-state index in [1.54, 1.807) is 4.90 Å². The van der Waals surface area contributed by atoms with Gasteiger partial charge in [0.05, 0.1) is 15.5 Å². The molecule has 8 nitrogen and oxygen atoms in total. The van der Waals surface area contributed by atoms with Crippen LogP contribution >= 0.6 is 11.6 Å². The van der Waals surface area contributed by atoms with Crippen molar-refractivity contribution in [2.45, 2.75) is 23.8 Å². The molecule has 1 aliphatic rings. The first-order valence-electron chi connectivity index (χ1n) is 9.82. The van der Waals surface area contributed by atoms with E-state index < -0.39 is 15.9 Å². The van der Waals surface area contributed by atoms with E-state index in [4.69, 9.17) is 11.6 Å². The number of halogens is 1. The zero-order valence-corrected chi connectivity index (χ0v) is 18.9. The van der Waals surface area contributed by atoms with Gasteiger partial charge in [-0.25, -0.2) is 17.5 Å². The number of hydrogen-bond donors (Lipinski definition) is 2. The van der Waals surface area contributed by atoms with Crippen molar-refractivity contribution < 1.29 is 18.0 Å². The van der Waals surface area contributed by atoms with E-state index in [-0.39, 0.29) is 27.6 Å². The summed E-state index contributed by atoms with van der Waals surface area (Å²) in [6, 6.07) is 13.0. The highest BCUT2D eigenvalue weighted by Crippen LogP contribution is 2.23. The number of anilines is 1. The molecular weight excluding hydrogens is 440 g/mol. The lowest BCUT2D eigenvalue weighted by molar-refractivity contribution is 0.0919. The first-order chi connectivity index (χ1) is 14.7. The molecule has 10 heteroatoms. The number of sulfonamides is 1. The van der Waals surface area contributed by atoms with Crippen LogP contribution in [0.15, 0.2) is 53.4 Å². The minimum atomic E-state index is -3.68. The number of nitrogens with one attached hydrogen (secondary N) is 2. The highest BCUT2D eigenvalue weighted by atomic mass is 35.5. The number of amides is 3. The molecule has 0 spiro atoms. The number of likely N-dealkylation sites (tertiary alicyclic amines) is 1. The minimum Gasteiger partial charge on any atom is -0.349 e. The number of urea groups is 1. The Morgan fingerprint density at radius 1 is 1.06 bits per heavy atom. The summed E-state index contributed by atoms with van der Waals surface area (Å²) in [5.74, 6) is -0.437. The van der Waals surface area contributed by atoms with E-state index in [9.17, 15) is 18.0 Å². The van der Waals surface area contributed by atoms with Crippen LogP contribution in [0.3, 0.4) is 0 Å². The van der Waals surface area contributed by atoms with Gasteiger partial charge in [-0.15, -0.1) is 0 Å². The second kappa shape index (κ2) is 9.67. The third kappa shape index (κ3) is 5.55. The number of carbonyl (C=O) groups excluding carboxylic acids is 2. The van der Waals surface area contributed by atoms with Gasteiger partial charge < -0.3 is 15.5 Å². The Kier molecular flexibility index (Phi) is 7.19. The van der Waals surface area contributed by atoms with Crippen molar-refractivity contribution in [1.29, 1.82) is 0 Å². The summed E-state index contributed by atoms with van der Waals surface area (Å²) in [5, 5.41) is 5.93. The van der Waals surface area contributed by atoms with Crippen molar-refractivity contribution in [2.75, 3.05) is 32.5 Å². The van der Waals surface area contributed by atoms with E-state index in [1.807, 2.05) is 30.3 Å². The van der Waals surface area contributed by atoms with Gasteiger partial charge in [-0.2, -0.15) is 0 Å². The number of hydrogen-bond acceptors (Lipinski definition) is 4. The second-order valence-corrected chi connectivity index (χ2v) is 10.0. The summed E-state index contributed by atoms with van der Waals surface area (Å²) in [6.45, 7) is 0.985. The van der Waals surface area contributed by atoms with Gasteiger partial charge in [0.25, 0.3) is 5.91 Å². The van der Waals surface area contributed by atoms with Gasteiger partial charge in [-0.05, 0) is 43.2 Å². The molecule has 2 N–H and O–H groups in total. The van der Waals surface area contributed by atoms with Gasteiger partial charge in [0.15, 0.2) is 0 Å². The predicted molar refractivity (Wildman–Crippen MR) is 120 cm³/mol. The van der Waals surface area contributed by atoms with Gasteiger partial charge >= 0.3 is 6.03 Å². The highest BCUT2D eigenvalue weighted by molar-refractivity contribution is 7.89. The zero-order valence-electron chi connectivity index (χ0n) is 17.3. The van der Waals surface area contributed by atoms with E-state index in [0.717, 1.165) is 9.99 Å². The summed E-state index contributed by atoms with van der Waals surface area (Å²) in [7, 11) is -0.838. The largest absolute Gasteiger partial charge is 0.349 e. The third-order valence-electron chi connectivity index (χ3n) is 5.10. The average Bonchev–Trinajstić information content (AvgIpc) is 2.75. The molecule has 2 aromatic carbocycles. The first kappa shape index (κ1) is 23.1. The Bertz CT molecular complexity index is 1050. The van der Waals surface area contributed by atoms with Crippen LogP contribution in [0.5, 0.6) is 0 Å². The van der Waals surface area contributed by atoms with Gasteiger partial charge in [-0.1, -0.05) is 29.8 Å². The van der Waals surface area contributed by atoms with E-state index in [0.29, 0.717) is 25.9 Å². The fourth-order valence-electron chi connectivity index (χ4n) is 3.26. The van der Waals surface area contributed by atoms with Crippen LogP contribution in [0.1, 0.15) is 23.2 Å². The fourth-order valence-corrected chi connectivity index (χ4v) is 4.40. The third-order valence-corrected chi connectivity index (χ3v) is 7.24. The molecule has 0 atom stereocenters. The van der Waals surface area contributed by atoms with Crippen LogP contribution in [0, 0.1) is 0 Å². The number of benzene rings is 2. The number of nitrogens with zero attached hydrogens (tertiary/aromatic N) is 2. The molecule has 0 aliphatic carbocycles. The van der Waals surface area contributed by atoms with Gasteiger partial charge in [0.1, 0.15) is 0 Å². The normalized spacial score (nSPS) is 15.0. The molecule has 31 heavy (non-hydrogen) atoms. The molecule has 166 valence electrons. The SMILES string of the molecule is CN(C)S(=O)(=O)c1ccc(Cl)c(C(=O)NC2CCN(C(=O)Nc3ccccc3)CC2)c1. The molecule has 0 saturated carbocycles. The molecule has 1 aliphatic heterocycles. The maximum absolute atomic E-state index is 12.7. The smallest absolute Gasteiger partial charge is 0.321 e. The number of piperidine rings is 1. The molecule has 0 bridgehead atoms. The molecule has 3 amide bonds. The lowest BCUT2D eigenvalue weighted by Gasteiger charge is -2.32. The summed E-state index contributed by atoms with van der Waals surface area (Å²) in [6.07, 6.45) is 1.17. The van der Waals surface area contributed by atoms with Crippen LogP contribution in [0.4, 0.5) is 10.5 Å². The fraction of sp³-hybridized carbons (Fsp3) is 0.333. The van der Waals surface area contributed by atoms with Gasteiger partial charge in [-0.3, -0.25) is 4.79 Å². The van der Waals surface area contributed by atoms with Crippen molar-refractivity contribution in [3.63, 3.8) is 0 Å². The molecule has 1 heterocycles. The van der Waals surface area contributed by atoms with Crippen LogP contribution in [0.25, 0.3) is 0 Å². The number of carbonyl (C=O) groups is 2. The van der Waals surface area contributed by atoms with Crippen molar-refractivity contribution >= 4 is 39.2 Å². The standard InChI is InChI=1S/C21H25ClN4O4S/c1-25(2)31(29,30)17-8-9-19(22)18(14-17)20(27)23-16-10-12-26(13-11-16)21(28)24-15-6-4-3-5-7-15/h3-9,14,16H,10-13H2,1-2H3,(H,23,27)(H,24,28). The number of rotatable bonds is 5. The van der Waals surface area contributed by atoms with Crippen LogP contribution in [0.2, 0.25) is 5.02 Å². The Morgan fingerprint density at radius 2 is 1.71 bits per heavy atom. The first-order valence-corrected chi connectivity index (χ1v) is 11.6. The minimum absolute atomic E-state index is 0.000507. The maximum atomic E-state index is 12.7. The van der Waals surface area contributed by atoms with Gasteiger partial charge in [0, 0.05) is 38.9 Å². The van der Waals surface area contributed by atoms with Crippen LogP contribution in [-0.2, 0) is 10.0 Å². The summed E-state index contributed by atoms with van der Waals surface area (Å²) < 4.78 is 25.8.